The van der Waals surface area contributed by atoms with Crippen LogP contribution in [0.4, 0.5) is 0 Å². The first kappa shape index (κ1) is 57.1. The molecule has 0 aromatic carbocycles. The van der Waals surface area contributed by atoms with E-state index in [4.69, 9.17) is 47.3 Å². The molecule has 0 aromatic heterocycles. The van der Waals surface area contributed by atoms with Crippen molar-refractivity contribution in [3.05, 3.63) is 26.3 Å². The molecule has 36 heavy (non-hydrogen) atoms. The molecule has 220 valence electrons. The number of hydrogen-bond donors (Lipinski definition) is 0. The van der Waals surface area contributed by atoms with Crippen LogP contribution < -0.4 is 0 Å². The predicted octanol–water partition coefficient (Wildman–Crippen LogP) is 8.84. The second-order valence-electron chi connectivity index (χ2n) is 12.7. The van der Waals surface area contributed by atoms with Crippen LogP contribution in [-0.4, -0.2) is 59.1 Å². The van der Waals surface area contributed by atoms with Crippen molar-refractivity contribution in [3.63, 3.8) is 0 Å². The predicted molar refractivity (Wildman–Crippen MR) is 166 cm³/mol. The minimum Gasteiger partial charge on any atom is -0.512 e. The zero-order valence-corrected chi connectivity index (χ0v) is 34.4. The van der Waals surface area contributed by atoms with Gasteiger partial charge in [0.2, 0.25) is 0 Å². The van der Waals surface area contributed by atoms with Crippen LogP contribution in [0, 0.1) is 47.3 Å². The average molecular weight is 939 g/mol. The smallest absolute Gasteiger partial charge is 0.155 e. The van der Waals surface area contributed by atoms with Gasteiger partial charge in [-0.1, -0.05) is 0 Å². The second-order valence-corrected chi connectivity index (χ2v) is 28.3. The maximum atomic E-state index is 6.25. The van der Waals surface area contributed by atoms with Gasteiger partial charge in [0.15, 0.2) is 11.8 Å². The third-order valence-electron chi connectivity index (χ3n) is 4.68. The van der Waals surface area contributed by atoms with E-state index in [2.05, 4.69) is 110 Å². The van der Waals surface area contributed by atoms with E-state index in [0.717, 1.165) is 0 Å². The van der Waals surface area contributed by atoms with Gasteiger partial charge in [-0.25, -0.2) is 0 Å². The quantitative estimate of drug-likeness (QED) is 0.208. The summed E-state index contributed by atoms with van der Waals surface area (Å²) >= 11 is 0. The number of nitrogens with zero attached hydrogens (tertiary/aromatic N) is 4. The molecule has 0 amide bonds. The molecule has 0 unspecified atom stereocenters. The van der Waals surface area contributed by atoms with Gasteiger partial charge < -0.3 is 47.3 Å². The van der Waals surface area contributed by atoms with Gasteiger partial charge in [-0.2, -0.15) is 0 Å². The molecule has 0 aliphatic heterocycles. The maximum Gasteiger partial charge on any atom is 0.155 e. The summed E-state index contributed by atoms with van der Waals surface area (Å²) in [5.74, 6) is 3.09. The first-order chi connectivity index (χ1) is 15.1. The number of rotatable bonds is 4. The zero-order valence-electron chi connectivity index (χ0n) is 25.8. The van der Waals surface area contributed by atoms with Crippen LogP contribution in [0.3, 0.4) is 0 Å². The van der Waals surface area contributed by atoms with Crippen molar-refractivity contribution in [2.75, 3.05) is 38.5 Å². The van der Waals surface area contributed by atoms with Crippen molar-refractivity contribution in [2.24, 2.45) is 0 Å². The Labute approximate surface area is 261 Å². The molecule has 0 rings (SSSR count). The van der Waals surface area contributed by atoms with E-state index in [-0.39, 0.29) is 73.8 Å². The van der Waals surface area contributed by atoms with Gasteiger partial charge in [-0.15, -0.1) is 0 Å². The molecule has 0 aliphatic rings. The van der Waals surface area contributed by atoms with E-state index < -0.39 is 0 Å². The Morgan fingerprint density at radius 2 is 0.500 bits per heavy atom. The summed E-state index contributed by atoms with van der Waals surface area (Å²) in [7, 11) is -0.566. The Morgan fingerprint density at radius 1 is 0.389 bits per heavy atom. The Balaban J connectivity index is -0.0000000542. The van der Waals surface area contributed by atoms with Gasteiger partial charge in [-0.05, 0) is 83.1 Å². The minimum atomic E-state index is -0.230. The van der Waals surface area contributed by atoms with Crippen molar-refractivity contribution in [1.82, 2.24) is 0 Å². The molecule has 0 bridgehead atoms. The van der Waals surface area contributed by atoms with Crippen LogP contribution >= 0.6 is 31.7 Å². The summed E-state index contributed by atoms with van der Waals surface area (Å²) in [6, 6.07) is 0. The molecule has 0 atom stereocenters. The third-order valence-corrected chi connectivity index (χ3v) is 20.4. The molecular weight excluding hydrogens is 882 g/mol. The fourth-order valence-corrected chi connectivity index (χ4v) is 22.7. The molecule has 0 radical (unpaired) electrons. The Morgan fingerprint density at radius 3 is 0.528 bits per heavy atom. The molecule has 0 aromatic rings. The summed E-state index contributed by atoms with van der Waals surface area (Å²) in [6.45, 7) is 57.9. The summed E-state index contributed by atoms with van der Waals surface area (Å²) in [4.78, 5) is 0. The van der Waals surface area contributed by atoms with E-state index in [1.807, 2.05) is 0 Å². The zero-order chi connectivity index (χ0) is 29.7. The van der Waals surface area contributed by atoms with Crippen LogP contribution in [0.2, 0.25) is 0 Å². The fourth-order valence-electron chi connectivity index (χ4n) is 4.02. The molecule has 10 heteroatoms. The van der Waals surface area contributed by atoms with Crippen molar-refractivity contribution in [1.29, 1.82) is 21.0 Å². The molecule has 0 saturated heterocycles. The Bertz CT molecular complexity index is 459. The first-order valence-electron chi connectivity index (χ1n) is 11.3. The van der Waals surface area contributed by atoms with Crippen LogP contribution in [0.5, 0.6) is 0 Å². The van der Waals surface area contributed by atoms with Gasteiger partial charge >= 0.3 is 0 Å². The molecule has 0 saturated carbocycles. The molecule has 0 N–H and O–H groups in total. The van der Waals surface area contributed by atoms with E-state index >= 15 is 0 Å². The van der Waals surface area contributed by atoms with Crippen LogP contribution in [0.1, 0.15) is 83.1 Å². The molecule has 0 aliphatic carbocycles. The number of hydrogen-bond acceptors (Lipinski definition) is 4. The Hall–Kier alpha value is 1.06. The SMILES string of the molecule is C[PH+](C)C[PH+](C(C)(C)C)C(C)(C)C.C[PH+](C)C[PH+](C(C)(C)C)C(C)(C)C.[C-]#N.[C-]#N.[C-]#N.[C-]#N.[Pt].[Pt]. The van der Waals surface area contributed by atoms with Gasteiger partial charge in [0.05, 0.1) is 20.6 Å². The molecule has 0 spiro atoms. The van der Waals surface area contributed by atoms with Crippen molar-refractivity contribution >= 4 is 31.7 Å². The second kappa shape index (κ2) is 29.0. The fraction of sp³-hybridized carbons (Fsp3) is 0.846. The summed E-state index contributed by atoms with van der Waals surface area (Å²) in [5, 5.41) is 27.2. The molecular formula is C26H56N4P4Pt2. The topological polar surface area (TPSA) is 95.2 Å². The Kier molecular flexibility index (Phi) is 46.0. The van der Waals surface area contributed by atoms with Crippen molar-refractivity contribution in [3.8, 4) is 0 Å². The van der Waals surface area contributed by atoms with Crippen LogP contribution in [0.15, 0.2) is 0 Å². The van der Waals surface area contributed by atoms with Gasteiger partial charge in [0.1, 0.15) is 0 Å². The third kappa shape index (κ3) is 37.2. The monoisotopic (exact) mass is 938 g/mol. The molecule has 0 heterocycles. The van der Waals surface area contributed by atoms with Crippen molar-refractivity contribution < 1.29 is 42.1 Å². The molecule has 4 nitrogen and oxygen atoms in total. The van der Waals surface area contributed by atoms with Crippen LogP contribution in [-0.2, 0) is 42.1 Å². The first-order valence-corrected chi connectivity index (χ1v) is 20.1. The molecule has 0 fully saturated rings. The van der Waals surface area contributed by atoms with E-state index in [9.17, 15) is 0 Å². The van der Waals surface area contributed by atoms with Crippen molar-refractivity contribution in [2.45, 2.75) is 104 Å². The van der Waals surface area contributed by atoms with E-state index in [0.29, 0.717) is 20.6 Å². The summed E-state index contributed by atoms with van der Waals surface area (Å²) < 4.78 is 0. The average Bonchev–Trinajstić information content (AvgIpc) is 2.67. The minimum absolute atomic E-state index is 0. The van der Waals surface area contributed by atoms with Gasteiger partial charge in [-0.3, -0.25) is 0 Å². The van der Waals surface area contributed by atoms with Gasteiger partial charge in [0, 0.05) is 100 Å². The summed E-state index contributed by atoms with van der Waals surface area (Å²) in [6.07, 6.45) is 0. The summed E-state index contributed by atoms with van der Waals surface area (Å²) in [5.41, 5.74) is 0. The van der Waals surface area contributed by atoms with E-state index in [1.54, 1.807) is 11.8 Å². The normalized spacial score (nSPS) is 10.6. The van der Waals surface area contributed by atoms with E-state index in [1.165, 1.54) is 0 Å². The maximum absolute atomic E-state index is 6.25. The standard InChI is InChI=1S/2C11H26P2.4CN.2Pt/c2*1-10(2,3)13(9-12(7)8)11(4,5)6;4*1-2;;/h2*9H2,1-8H3;;;;;;/q;;4*-1;;/p+4. The van der Waals surface area contributed by atoms with Crippen LogP contribution in [0.25, 0.3) is 0 Å². The largest absolute Gasteiger partial charge is 0.512 e. The van der Waals surface area contributed by atoms with Gasteiger partial charge in [0.25, 0.3) is 0 Å².